The van der Waals surface area contributed by atoms with Crippen molar-refractivity contribution < 1.29 is 9.90 Å². The van der Waals surface area contributed by atoms with Crippen LogP contribution in [-0.2, 0) is 11.3 Å². The lowest BCUT2D eigenvalue weighted by Crippen LogP contribution is -2.33. The molecule has 0 fully saturated rings. The van der Waals surface area contributed by atoms with Crippen LogP contribution in [0, 0.1) is 12.8 Å². The van der Waals surface area contributed by atoms with Gasteiger partial charge in [0.1, 0.15) is 0 Å². The predicted molar refractivity (Wildman–Crippen MR) is 76.4 cm³/mol. The molecule has 1 aromatic rings. The maximum absolute atomic E-state index is 11.6. The number of hydrogen-bond donors (Lipinski definition) is 2. The lowest BCUT2D eigenvalue weighted by atomic mass is 10.1. The zero-order valence-electron chi connectivity index (χ0n) is 11.7. The van der Waals surface area contributed by atoms with Crippen LogP contribution in [0.15, 0.2) is 10.2 Å². The topological polar surface area (TPSA) is 71.3 Å². The van der Waals surface area contributed by atoms with Gasteiger partial charge in [0.15, 0.2) is 0 Å². The molecule has 19 heavy (non-hydrogen) atoms. The third-order valence-corrected chi connectivity index (χ3v) is 3.70. The number of thiazole rings is 1. The van der Waals surface area contributed by atoms with E-state index in [1.807, 2.05) is 20.8 Å². The third kappa shape index (κ3) is 5.57. The van der Waals surface area contributed by atoms with E-state index in [0.29, 0.717) is 18.9 Å². The number of carbonyl (C=O) groups is 1. The number of nitrogens with zero attached hydrogens (tertiary/aromatic N) is 1. The van der Waals surface area contributed by atoms with Crippen LogP contribution in [0.2, 0.25) is 0 Å². The lowest BCUT2D eigenvalue weighted by Gasteiger charge is -2.14. The summed E-state index contributed by atoms with van der Waals surface area (Å²) in [7, 11) is 0. The Morgan fingerprint density at radius 2 is 2.21 bits per heavy atom. The molecule has 0 aliphatic heterocycles. The first kappa shape index (κ1) is 15.9. The number of rotatable bonds is 7. The van der Waals surface area contributed by atoms with E-state index < -0.39 is 6.10 Å². The van der Waals surface area contributed by atoms with E-state index in [4.69, 9.17) is 0 Å². The molecule has 0 aliphatic carbocycles. The molecule has 6 heteroatoms. The zero-order valence-corrected chi connectivity index (χ0v) is 12.5. The molecule has 1 amide bonds. The minimum absolute atomic E-state index is 0.0369. The van der Waals surface area contributed by atoms with E-state index in [-0.39, 0.29) is 23.7 Å². The summed E-state index contributed by atoms with van der Waals surface area (Å²) in [6.45, 7) is 6.56. The second-order valence-electron chi connectivity index (χ2n) is 5.13. The second-order valence-corrected chi connectivity index (χ2v) is 5.95. The van der Waals surface area contributed by atoms with E-state index in [0.717, 1.165) is 17.0 Å². The minimum Gasteiger partial charge on any atom is -0.391 e. The molecule has 1 heterocycles. The van der Waals surface area contributed by atoms with E-state index in [9.17, 15) is 14.7 Å². The van der Waals surface area contributed by atoms with E-state index in [1.165, 1.54) is 0 Å². The summed E-state index contributed by atoms with van der Waals surface area (Å²) < 4.78 is 1.59. The summed E-state index contributed by atoms with van der Waals surface area (Å²) in [5.74, 6) is 0.263. The number of aliphatic hydroxyl groups excluding tert-OH is 1. The van der Waals surface area contributed by atoms with Gasteiger partial charge in [-0.25, -0.2) is 0 Å². The van der Waals surface area contributed by atoms with Crippen LogP contribution in [0.1, 0.15) is 32.4 Å². The normalized spacial score (nSPS) is 12.7. The summed E-state index contributed by atoms with van der Waals surface area (Å²) in [5.41, 5.74) is 0.877. The Morgan fingerprint density at radius 1 is 1.53 bits per heavy atom. The molecule has 1 aromatic heterocycles. The van der Waals surface area contributed by atoms with Gasteiger partial charge in [0.2, 0.25) is 5.91 Å². The van der Waals surface area contributed by atoms with Crippen molar-refractivity contribution in [1.29, 1.82) is 0 Å². The number of hydrogen-bond acceptors (Lipinski definition) is 4. The molecule has 0 saturated carbocycles. The molecular formula is C13H22N2O3S. The highest BCUT2D eigenvalue weighted by Gasteiger charge is 2.10. The van der Waals surface area contributed by atoms with Crippen molar-refractivity contribution in [3.8, 4) is 0 Å². The molecule has 0 radical (unpaired) electrons. The largest absolute Gasteiger partial charge is 0.391 e. The maximum atomic E-state index is 11.6. The van der Waals surface area contributed by atoms with Crippen LogP contribution in [0.25, 0.3) is 0 Å². The Bertz CT molecular complexity index is 465. The molecule has 108 valence electrons. The summed E-state index contributed by atoms with van der Waals surface area (Å²) in [5, 5.41) is 14.1. The molecular weight excluding hydrogens is 264 g/mol. The van der Waals surface area contributed by atoms with Gasteiger partial charge in [-0.1, -0.05) is 25.2 Å². The highest BCUT2D eigenvalue weighted by molar-refractivity contribution is 7.07. The first-order chi connectivity index (χ1) is 8.90. The quantitative estimate of drug-likeness (QED) is 0.789. The van der Waals surface area contributed by atoms with Crippen LogP contribution >= 0.6 is 11.3 Å². The minimum atomic E-state index is -0.505. The Labute approximate surface area is 117 Å². The van der Waals surface area contributed by atoms with Gasteiger partial charge in [0.05, 0.1) is 6.10 Å². The molecule has 0 saturated heterocycles. The van der Waals surface area contributed by atoms with Crippen molar-refractivity contribution in [2.75, 3.05) is 6.54 Å². The molecule has 1 unspecified atom stereocenters. The average Bonchev–Trinajstić information content (AvgIpc) is 2.63. The van der Waals surface area contributed by atoms with Crippen LogP contribution in [-0.4, -0.2) is 28.2 Å². The molecule has 1 atom stereocenters. The van der Waals surface area contributed by atoms with Gasteiger partial charge in [-0.05, 0) is 19.3 Å². The molecule has 0 aliphatic rings. The van der Waals surface area contributed by atoms with Gasteiger partial charge in [-0.2, -0.15) is 0 Å². The van der Waals surface area contributed by atoms with Crippen molar-refractivity contribution in [2.24, 2.45) is 5.92 Å². The van der Waals surface area contributed by atoms with Crippen LogP contribution in [0.5, 0.6) is 0 Å². The zero-order chi connectivity index (χ0) is 14.4. The Balaban J connectivity index is 2.31. The summed E-state index contributed by atoms with van der Waals surface area (Å²) >= 11 is 1.14. The van der Waals surface area contributed by atoms with Crippen LogP contribution in [0.3, 0.4) is 0 Å². The highest BCUT2D eigenvalue weighted by atomic mass is 32.1. The summed E-state index contributed by atoms with van der Waals surface area (Å²) in [4.78, 5) is 23.0. The predicted octanol–water partition coefficient (Wildman–Crippen LogP) is 1.13. The molecule has 2 N–H and O–H groups in total. The van der Waals surface area contributed by atoms with Crippen LogP contribution in [0.4, 0.5) is 0 Å². The summed E-state index contributed by atoms with van der Waals surface area (Å²) in [6.07, 6.45) is 0.421. The first-order valence-corrected chi connectivity index (χ1v) is 7.37. The monoisotopic (exact) mass is 286 g/mol. The first-order valence-electron chi connectivity index (χ1n) is 6.49. The van der Waals surface area contributed by atoms with Crippen molar-refractivity contribution in [2.45, 2.75) is 46.3 Å². The molecule has 5 nitrogen and oxygen atoms in total. The molecule has 0 bridgehead atoms. The Morgan fingerprint density at radius 3 is 2.74 bits per heavy atom. The van der Waals surface area contributed by atoms with Gasteiger partial charge >= 0.3 is 4.87 Å². The number of aliphatic hydroxyl groups is 1. The number of aromatic nitrogens is 1. The molecule has 0 spiro atoms. The van der Waals surface area contributed by atoms with Gasteiger partial charge in [0, 0.05) is 30.6 Å². The number of nitrogens with one attached hydrogen (secondary N) is 1. The van der Waals surface area contributed by atoms with E-state index in [1.54, 1.807) is 9.95 Å². The fourth-order valence-corrected chi connectivity index (χ4v) is 2.60. The molecule has 0 aromatic carbocycles. The number of amides is 1. The fraction of sp³-hybridized carbons (Fsp3) is 0.692. The Kier molecular flexibility index (Phi) is 6.24. The van der Waals surface area contributed by atoms with E-state index in [2.05, 4.69) is 5.32 Å². The Hall–Kier alpha value is -1.14. The van der Waals surface area contributed by atoms with Gasteiger partial charge in [0.25, 0.3) is 0 Å². The van der Waals surface area contributed by atoms with Gasteiger partial charge in [-0.15, -0.1) is 0 Å². The fourth-order valence-electron chi connectivity index (χ4n) is 1.84. The van der Waals surface area contributed by atoms with Gasteiger partial charge < -0.3 is 15.0 Å². The van der Waals surface area contributed by atoms with Crippen molar-refractivity contribution in [3.05, 3.63) is 20.7 Å². The van der Waals surface area contributed by atoms with Gasteiger partial charge in [-0.3, -0.25) is 9.59 Å². The number of carbonyl (C=O) groups excluding carboxylic acids is 1. The summed E-state index contributed by atoms with van der Waals surface area (Å²) in [6, 6.07) is 0. The van der Waals surface area contributed by atoms with Crippen molar-refractivity contribution in [1.82, 2.24) is 9.88 Å². The van der Waals surface area contributed by atoms with E-state index >= 15 is 0 Å². The SMILES string of the molecule is Cc1csc(=O)n1CCC(=O)NCC(O)CC(C)C. The lowest BCUT2D eigenvalue weighted by molar-refractivity contribution is -0.121. The standard InChI is InChI=1S/C13H22N2O3S/c1-9(2)6-11(16)7-14-12(17)4-5-15-10(3)8-19-13(15)18/h8-9,11,16H,4-7H2,1-3H3,(H,14,17). The average molecular weight is 286 g/mol. The smallest absolute Gasteiger partial charge is 0.307 e. The molecule has 1 rings (SSSR count). The van der Waals surface area contributed by atoms with Crippen molar-refractivity contribution in [3.63, 3.8) is 0 Å². The van der Waals surface area contributed by atoms with Crippen LogP contribution < -0.4 is 10.2 Å². The second kappa shape index (κ2) is 7.45. The van der Waals surface area contributed by atoms with Crippen molar-refractivity contribution >= 4 is 17.2 Å². The highest BCUT2D eigenvalue weighted by Crippen LogP contribution is 2.04. The maximum Gasteiger partial charge on any atom is 0.307 e. The third-order valence-electron chi connectivity index (χ3n) is 2.82. The number of aryl methyl sites for hydroxylation is 1.